The zero-order valence-electron chi connectivity index (χ0n) is 13.9. The van der Waals surface area contributed by atoms with E-state index >= 15 is 0 Å². The highest BCUT2D eigenvalue weighted by atomic mass is 16.5. The highest BCUT2D eigenvalue weighted by Gasteiger charge is 2.21. The average molecular weight is 338 g/mol. The van der Waals surface area contributed by atoms with Crippen LogP contribution in [0.4, 0.5) is 0 Å². The van der Waals surface area contributed by atoms with E-state index in [-0.39, 0.29) is 12.3 Å². The van der Waals surface area contributed by atoms with Gasteiger partial charge in [0.15, 0.2) is 0 Å². The first-order valence-corrected chi connectivity index (χ1v) is 8.39. The van der Waals surface area contributed by atoms with Crippen LogP contribution in [0.3, 0.4) is 0 Å². The molecule has 5 nitrogen and oxygen atoms in total. The van der Waals surface area contributed by atoms with Crippen LogP contribution in [0.25, 0.3) is 10.9 Å². The highest BCUT2D eigenvalue weighted by molar-refractivity contribution is 5.86. The number of nitrogens with two attached hydrogens (primary N) is 1. The Morgan fingerprint density at radius 2 is 2.00 bits per heavy atom. The molecule has 0 fully saturated rings. The summed E-state index contributed by atoms with van der Waals surface area (Å²) in [5, 5.41) is 10.4. The van der Waals surface area contributed by atoms with Crippen molar-refractivity contribution in [1.29, 1.82) is 0 Å². The van der Waals surface area contributed by atoms with Gasteiger partial charge in [-0.15, -0.1) is 0 Å². The van der Waals surface area contributed by atoms with Crippen molar-refractivity contribution in [3.8, 4) is 5.75 Å². The van der Waals surface area contributed by atoms with Crippen LogP contribution in [0.15, 0.2) is 54.7 Å². The third kappa shape index (κ3) is 4.00. The van der Waals surface area contributed by atoms with E-state index in [9.17, 15) is 9.90 Å². The zero-order chi connectivity index (χ0) is 17.6. The van der Waals surface area contributed by atoms with Crippen molar-refractivity contribution >= 4 is 16.9 Å². The number of benzene rings is 2. The number of carbonyl (C=O) groups is 1. The van der Waals surface area contributed by atoms with Crippen LogP contribution in [-0.2, 0) is 4.79 Å². The molecule has 2 aromatic carbocycles. The molecule has 0 saturated carbocycles. The Hall–Kier alpha value is -2.79. The fourth-order valence-electron chi connectivity index (χ4n) is 3.05. The van der Waals surface area contributed by atoms with E-state index in [0.29, 0.717) is 13.2 Å². The topological polar surface area (TPSA) is 88.3 Å². The number of ether oxygens (including phenoxy) is 1. The molecule has 4 N–H and O–H groups in total. The summed E-state index contributed by atoms with van der Waals surface area (Å²) in [5.41, 5.74) is 8.40. The smallest absolute Gasteiger partial charge is 0.304 e. The quantitative estimate of drug-likeness (QED) is 0.549. The molecular weight excluding hydrogens is 316 g/mol. The monoisotopic (exact) mass is 338 g/mol. The lowest BCUT2D eigenvalue weighted by Crippen LogP contribution is -2.07. The van der Waals surface area contributed by atoms with E-state index < -0.39 is 5.97 Å². The largest absolute Gasteiger partial charge is 0.493 e. The van der Waals surface area contributed by atoms with Crippen molar-refractivity contribution in [1.82, 2.24) is 4.98 Å². The summed E-state index contributed by atoms with van der Waals surface area (Å²) < 4.78 is 5.68. The molecule has 0 aliphatic heterocycles. The Labute approximate surface area is 146 Å². The van der Waals surface area contributed by atoms with Crippen molar-refractivity contribution in [2.24, 2.45) is 5.73 Å². The molecule has 3 aromatic rings. The van der Waals surface area contributed by atoms with Gasteiger partial charge in [-0.3, -0.25) is 4.79 Å². The van der Waals surface area contributed by atoms with Gasteiger partial charge in [0.2, 0.25) is 0 Å². The molecule has 0 saturated heterocycles. The maximum Gasteiger partial charge on any atom is 0.304 e. The van der Waals surface area contributed by atoms with Gasteiger partial charge in [-0.25, -0.2) is 0 Å². The Bertz CT molecular complexity index is 843. The van der Waals surface area contributed by atoms with Gasteiger partial charge in [-0.1, -0.05) is 30.3 Å². The van der Waals surface area contributed by atoms with E-state index in [1.807, 2.05) is 54.7 Å². The van der Waals surface area contributed by atoms with E-state index in [4.69, 9.17) is 10.5 Å². The second-order valence-electron chi connectivity index (χ2n) is 6.00. The lowest BCUT2D eigenvalue weighted by molar-refractivity contribution is -0.137. The van der Waals surface area contributed by atoms with E-state index in [2.05, 4.69) is 4.98 Å². The minimum Gasteiger partial charge on any atom is -0.493 e. The van der Waals surface area contributed by atoms with Crippen LogP contribution < -0.4 is 10.5 Å². The molecule has 1 unspecified atom stereocenters. The van der Waals surface area contributed by atoms with Gasteiger partial charge in [0.05, 0.1) is 13.0 Å². The molecule has 3 rings (SSSR count). The number of aromatic amines is 1. The van der Waals surface area contributed by atoms with Crippen LogP contribution in [-0.4, -0.2) is 29.2 Å². The maximum absolute atomic E-state index is 11.4. The first kappa shape index (κ1) is 17.0. The summed E-state index contributed by atoms with van der Waals surface area (Å²) >= 11 is 0. The second-order valence-corrected chi connectivity index (χ2v) is 6.00. The average Bonchev–Trinajstić information content (AvgIpc) is 3.03. The zero-order valence-corrected chi connectivity index (χ0v) is 13.9. The van der Waals surface area contributed by atoms with E-state index in [1.165, 1.54) is 0 Å². The number of aliphatic carboxylic acids is 1. The van der Waals surface area contributed by atoms with Gasteiger partial charge < -0.3 is 20.6 Å². The van der Waals surface area contributed by atoms with Crippen molar-refractivity contribution in [3.05, 3.63) is 65.9 Å². The first-order valence-electron chi connectivity index (χ1n) is 8.39. The lowest BCUT2D eigenvalue weighted by Gasteiger charge is -2.15. The van der Waals surface area contributed by atoms with Crippen LogP contribution in [0.5, 0.6) is 5.75 Å². The molecule has 1 aromatic heterocycles. The number of hydrogen-bond donors (Lipinski definition) is 3. The standard InChI is InChI=1S/C20H22N2O3/c21-9-4-10-25-15-7-8-16-18(13-22-19(16)11-15)17(12-20(23)24)14-5-2-1-3-6-14/h1-3,5-8,11,13,17,22H,4,9-10,12,21H2,(H,23,24). The molecule has 1 heterocycles. The van der Waals surface area contributed by atoms with Crippen molar-refractivity contribution < 1.29 is 14.6 Å². The van der Waals surface area contributed by atoms with Gasteiger partial charge in [0.25, 0.3) is 0 Å². The van der Waals surface area contributed by atoms with Gasteiger partial charge >= 0.3 is 5.97 Å². The first-order chi connectivity index (χ1) is 12.2. The number of aromatic nitrogens is 1. The predicted molar refractivity (Wildman–Crippen MR) is 98.0 cm³/mol. The minimum absolute atomic E-state index is 0.0473. The number of fused-ring (bicyclic) bond motifs is 1. The van der Waals surface area contributed by atoms with Crippen molar-refractivity contribution in [2.45, 2.75) is 18.8 Å². The summed E-state index contributed by atoms with van der Waals surface area (Å²) in [6.07, 6.45) is 2.75. The maximum atomic E-state index is 11.4. The van der Waals surface area contributed by atoms with Gasteiger partial charge in [-0.2, -0.15) is 0 Å². The van der Waals surface area contributed by atoms with Gasteiger partial charge in [0, 0.05) is 29.1 Å². The summed E-state index contributed by atoms with van der Waals surface area (Å²) in [6.45, 7) is 1.18. The molecule has 0 aliphatic rings. The molecule has 130 valence electrons. The highest BCUT2D eigenvalue weighted by Crippen LogP contribution is 2.34. The van der Waals surface area contributed by atoms with Crippen molar-refractivity contribution in [2.75, 3.05) is 13.2 Å². The van der Waals surface area contributed by atoms with Crippen LogP contribution in [0, 0.1) is 0 Å². The third-order valence-corrected chi connectivity index (χ3v) is 4.26. The predicted octanol–water partition coefficient (Wildman–Crippen LogP) is 3.50. The minimum atomic E-state index is -0.815. The summed E-state index contributed by atoms with van der Waals surface area (Å²) in [4.78, 5) is 14.6. The molecule has 0 aliphatic carbocycles. The Morgan fingerprint density at radius 1 is 1.20 bits per heavy atom. The molecule has 25 heavy (non-hydrogen) atoms. The van der Waals surface area contributed by atoms with Crippen LogP contribution in [0.2, 0.25) is 0 Å². The fourth-order valence-corrected chi connectivity index (χ4v) is 3.05. The normalized spacial score (nSPS) is 12.2. The molecule has 0 radical (unpaired) electrons. The van der Waals surface area contributed by atoms with Crippen LogP contribution >= 0.6 is 0 Å². The molecule has 0 amide bonds. The fraction of sp³-hybridized carbons (Fsp3) is 0.250. The summed E-state index contributed by atoms with van der Waals surface area (Å²) in [7, 11) is 0. The molecule has 5 heteroatoms. The van der Waals surface area contributed by atoms with Crippen molar-refractivity contribution in [3.63, 3.8) is 0 Å². The summed E-state index contributed by atoms with van der Waals surface area (Å²) in [5.74, 6) is -0.231. The number of rotatable bonds is 8. The number of nitrogens with one attached hydrogen (secondary N) is 1. The van der Waals surface area contributed by atoms with Gasteiger partial charge in [0.1, 0.15) is 5.75 Å². The van der Waals surface area contributed by atoms with Crippen LogP contribution in [0.1, 0.15) is 29.9 Å². The van der Waals surface area contributed by atoms with E-state index in [0.717, 1.165) is 34.2 Å². The third-order valence-electron chi connectivity index (χ3n) is 4.26. The number of H-pyrrole nitrogens is 1. The van der Waals surface area contributed by atoms with Gasteiger partial charge in [-0.05, 0) is 36.2 Å². The Kier molecular flexibility index (Phi) is 5.36. The SMILES string of the molecule is NCCCOc1ccc2c(C(CC(=O)O)c3ccccc3)c[nH]c2c1. The lowest BCUT2D eigenvalue weighted by atomic mass is 9.88. The second kappa shape index (κ2) is 7.85. The number of carboxylic acid groups (broad SMARTS) is 1. The van der Waals surface area contributed by atoms with E-state index in [1.54, 1.807) is 0 Å². The summed E-state index contributed by atoms with van der Waals surface area (Å²) in [6, 6.07) is 15.6. The molecule has 0 spiro atoms. The molecule has 0 bridgehead atoms. The molecular formula is C20H22N2O3. The molecule has 1 atom stereocenters. The number of hydrogen-bond acceptors (Lipinski definition) is 3. The Morgan fingerprint density at radius 3 is 2.72 bits per heavy atom. The Balaban J connectivity index is 1.94. The number of carboxylic acids is 1.